The van der Waals surface area contributed by atoms with Crippen LogP contribution in [0.3, 0.4) is 0 Å². The molecular weight excluding hydrogens is 405 g/mol. The molecule has 124 valence electrons. The van der Waals surface area contributed by atoms with E-state index in [0.29, 0.717) is 0 Å². The zero-order chi connectivity index (χ0) is 17.3. The number of ether oxygens (including phenoxy) is 1. The molecule has 4 heteroatoms. The summed E-state index contributed by atoms with van der Waals surface area (Å²) in [5.41, 5.74) is 2.09. The van der Waals surface area contributed by atoms with E-state index in [-0.39, 0.29) is 18.2 Å². The molecular formula is C20H23NO2Sn. The number of benzene rings is 2. The molecule has 1 aliphatic rings. The molecule has 0 bridgehead atoms. The maximum atomic E-state index is 12.7. The molecule has 2 atom stereocenters. The van der Waals surface area contributed by atoms with E-state index in [4.69, 9.17) is 4.74 Å². The van der Waals surface area contributed by atoms with E-state index in [0.717, 1.165) is 14.8 Å². The summed E-state index contributed by atoms with van der Waals surface area (Å²) in [7, 11) is 0. The van der Waals surface area contributed by atoms with Crippen LogP contribution >= 0.6 is 0 Å². The minimum absolute atomic E-state index is 0.162. The fourth-order valence-corrected chi connectivity index (χ4v) is 5.71. The Kier molecular flexibility index (Phi) is 4.72. The molecule has 0 aromatic heterocycles. The van der Waals surface area contributed by atoms with Crippen molar-refractivity contribution in [2.24, 2.45) is 0 Å². The first-order chi connectivity index (χ1) is 11.4. The maximum absolute atomic E-state index is 12.7. The Labute approximate surface area is 147 Å². The van der Waals surface area contributed by atoms with Gasteiger partial charge >= 0.3 is 148 Å². The van der Waals surface area contributed by atoms with Crippen LogP contribution in [-0.2, 0) is 4.74 Å². The third-order valence-electron chi connectivity index (χ3n) is 4.42. The quantitative estimate of drug-likeness (QED) is 0.618. The van der Waals surface area contributed by atoms with E-state index in [9.17, 15) is 4.79 Å². The third-order valence-corrected chi connectivity index (χ3v) is 10.0. The van der Waals surface area contributed by atoms with Crippen molar-refractivity contribution in [1.29, 1.82) is 0 Å². The molecule has 3 rings (SSSR count). The van der Waals surface area contributed by atoms with Crippen molar-refractivity contribution in [2.45, 2.75) is 27.0 Å². The van der Waals surface area contributed by atoms with Crippen LogP contribution in [0.5, 0.6) is 0 Å². The molecule has 1 fully saturated rings. The Morgan fingerprint density at radius 3 is 1.96 bits per heavy atom. The van der Waals surface area contributed by atoms with Gasteiger partial charge in [0.25, 0.3) is 0 Å². The van der Waals surface area contributed by atoms with Crippen LogP contribution in [0, 0.1) is 0 Å². The number of carbonyl (C=O) groups is 1. The second-order valence-corrected chi connectivity index (χ2v) is 21.6. The van der Waals surface area contributed by atoms with E-state index >= 15 is 0 Å². The van der Waals surface area contributed by atoms with Gasteiger partial charge in [0.1, 0.15) is 0 Å². The average Bonchev–Trinajstić information content (AvgIpc) is 2.92. The predicted octanol–water partition coefficient (Wildman–Crippen LogP) is 5.31. The fourth-order valence-electron chi connectivity index (χ4n) is 2.99. The summed E-state index contributed by atoms with van der Waals surface area (Å²) in [6.07, 6.45) is -0.596. The average molecular weight is 428 g/mol. The molecule has 1 heterocycles. The number of hydrogen-bond donors (Lipinski definition) is 0. The van der Waals surface area contributed by atoms with E-state index in [1.807, 2.05) is 53.4 Å². The Balaban J connectivity index is 2.08. The molecule has 0 radical (unpaired) electrons. The van der Waals surface area contributed by atoms with E-state index in [1.165, 1.54) is 0 Å². The van der Waals surface area contributed by atoms with Gasteiger partial charge in [-0.3, -0.25) is 0 Å². The van der Waals surface area contributed by atoms with Crippen molar-refractivity contribution in [3.8, 4) is 0 Å². The Morgan fingerprint density at radius 2 is 1.46 bits per heavy atom. The molecule has 24 heavy (non-hydrogen) atoms. The molecule has 1 amide bonds. The predicted molar refractivity (Wildman–Crippen MR) is 99.2 cm³/mol. The van der Waals surface area contributed by atoms with Gasteiger partial charge in [-0.05, 0) is 0 Å². The van der Waals surface area contributed by atoms with Crippen LogP contribution in [0.1, 0.15) is 23.3 Å². The van der Waals surface area contributed by atoms with Gasteiger partial charge < -0.3 is 0 Å². The molecule has 0 saturated carbocycles. The van der Waals surface area contributed by atoms with Crippen LogP contribution in [0.25, 0.3) is 0 Å². The van der Waals surface area contributed by atoms with Crippen LogP contribution in [0.4, 0.5) is 4.79 Å². The minimum atomic E-state index is -2.52. The zero-order valence-electron chi connectivity index (χ0n) is 14.4. The molecule has 1 aliphatic heterocycles. The first-order valence-electron chi connectivity index (χ1n) is 8.18. The SMILES string of the molecule is C=[C](N1C(=O)O[C@@H](c2ccccc2)[C@H]1c1ccccc1)[Sn]([CH3])([CH3])[CH3]. The van der Waals surface area contributed by atoms with Gasteiger partial charge in [0.2, 0.25) is 0 Å². The molecule has 2 aromatic rings. The number of carbonyl (C=O) groups excluding carboxylic acids is 1. The third kappa shape index (κ3) is 3.22. The van der Waals surface area contributed by atoms with Crippen LogP contribution in [0.15, 0.2) is 71.0 Å². The summed E-state index contributed by atoms with van der Waals surface area (Å²) in [4.78, 5) is 21.3. The Hall–Kier alpha value is -1.75. The molecule has 0 unspecified atom stereocenters. The topological polar surface area (TPSA) is 29.5 Å². The molecule has 0 spiro atoms. The molecule has 3 nitrogen and oxygen atoms in total. The fraction of sp³-hybridized carbons (Fsp3) is 0.250. The van der Waals surface area contributed by atoms with Crippen LogP contribution in [0.2, 0.25) is 14.8 Å². The van der Waals surface area contributed by atoms with Crippen LogP contribution < -0.4 is 0 Å². The number of cyclic esters (lactones) is 1. The first kappa shape index (κ1) is 17.1. The molecule has 0 N–H and O–H groups in total. The summed E-state index contributed by atoms with van der Waals surface area (Å²) in [6.45, 7) is 4.28. The Morgan fingerprint density at radius 1 is 0.958 bits per heavy atom. The summed E-state index contributed by atoms with van der Waals surface area (Å²) in [5, 5.41) is 0. The second kappa shape index (κ2) is 6.63. The number of nitrogens with zero attached hydrogens (tertiary/aromatic N) is 1. The number of amides is 1. The molecule has 1 saturated heterocycles. The van der Waals surface area contributed by atoms with Crippen molar-refractivity contribution >= 4 is 24.5 Å². The second-order valence-electron chi connectivity index (χ2n) is 7.14. The van der Waals surface area contributed by atoms with Gasteiger partial charge in [0, 0.05) is 0 Å². The van der Waals surface area contributed by atoms with E-state index in [1.54, 1.807) is 0 Å². The van der Waals surface area contributed by atoms with Gasteiger partial charge in [-0.15, -0.1) is 0 Å². The summed E-state index contributed by atoms with van der Waals surface area (Å²) in [6, 6.07) is 19.9. The standard InChI is InChI=1S/C17H14NO2.3CH3.Sn/c1-2-18-15(13-9-5-3-6-10-13)16(20-17(18)19)14-11-7-4-8-12-14;;;;/h3-12,15-16H,1H2;3*1H3;/t15-,16+;;;;/m1..../s1. The van der Waals surface area contributed by atoms with E-state index < -0.39 is 18.4 Å². The van der Waals surface area contributed by atoms with Crippen molar-refractivity contribution in [1.82, 2.24) is 4.90 Å². The summed E-state index contributed by atoms with van der Waals surface area (Å²) >= 11 is -2.52. The van der Waals surface area contributed by atoms with Crippen molar-refractivity contribution in [3.05, 3.63) is 82.1 Å². The van der Waals surface area contributed by atoms with Gasteiger partial charge in [-0.25, -0.2) is 0 Å². The van der Waals surface area contributed by atoms with E-state index in [2.05, 4.69) is 33.5 Å². The van der Waals surface area contributed by atoms with Gasteiger partial charge in [-0.2, -0.15) is 0 Å². The van der Waals surface area contributed by atoms with Crippen molar-refractivity contribution < 1.29 is 9.53 Å². The first-order valence-corrected chi connectivity index (χ1v) is 18.2. The number of rotatable bonds is 4. The van der Waals surface area contributed by atoms with Crippen LogP contribution in [-0.4, -0.2) is 29.4 Å². The van der Waals surface area contributed by atoms with Gasteiger partial charge in [-0.1, -0.05) is 0 Å². The zero-order valence-corrected chi connectivity index (χ0v) is 17.3. The molecule has 2 aromatic carbocycles. The van der Waals surface area contributed by atoms with Crippen molar-refractivity contribution in [3.63, 3.8) is 0 Å². The Bertz CT molecular complexity index is 737. The number of hydrogen-bond acceptors (Lipinski definition) is 2. The van der Waals surface area contributed by atoms with Gasteiger partial charge in [0.15, 0.2) is 0 Å². The molecule has 0 aliphatic carbocycles. The summed E-state index contributed by atoms with van der Waals surface area (Å²) in [5.74, 6) is 0. The normalized spacial score (nSPS) is 20.8. The van der Waals surface area contributed by atoms with Crippen molar-refractivity contribution in [2.75, 3.05) is 0 Å². The summed E-state index contributed by atoms with van der Waals surface area (Å²) < 4.78 is 6.78. The monoisotopic (exact) mass is 429 g/mol. The van der Waals surface area contributed by atoms with Gasteiger partial charge in [0.05, 0.1) is 0 Å².